The van der Waals surface area contributed by atoms with E-state index in [0.29, 0.717) is 6.54 Å². The van der Waals surface area contributed by atoms with E-state index in [0.717, 1.165) is 16.9 Å². The van der Waals surface area contributed by atoms with E-state index in [-0.39, 0.29) is 24.7 Å². The van der Waals surface area contributed by atoms with Crippen LogP contribution in [-0.4, -0.2) is 21.6 Å². The van der Waals surface area contributed by atoms with E-state index in [2.05, 4.69) is 10.4 Å². The number of anilines is 1. The number of aromatic hydroxyl groups is 1. The van der Waals surface area contributed by atoms with Crippen molar-refractivity contribution in [3.8, 4) is 5.75 Å². The number of alkyl halides is 1. The summed E-state index contributed by atoms with van der Waals surface area (Å²) < 4.78 is 14.0. The molecule has 104 valence electrons. The van der Waals surface area contributed by atoms with Crippen molar-refractivity contribution in [2.75, 3.05) is 12.0 Å². The molecular weight excluding hydrogens is 269 g/mol. The summed E-state index contributed by atoms with van der Waals surface area (Å²) in [6, 6.07) is 7.02. The van der Waals surface area contributed by atoms with Gasteiger partial charge in [-0.1, -0.05) is 12.1 Å². The minimum atomic E-state index is -0.443. The second-order valence-electron chi connectivity index (χ2n) is 4.11. The van der Waals surface area contributed by atoms with Gasteiger partial charge in [0, 0.05) is 12.1 Å². The van der Waals surface area contributed by atoms with Crippen LogP contribution >= 0.6 is 12.4 Å². The largest absolute Gasteiger partial charge is 0.508 e. The lowest BCUT2D eigenvalue weighted by atomic mass is 10.2. The van der Waals surface area contributed by atoms with Gasteiger partial charge in [0.25, 0.3) is 0 Å². The van der Waals surface area contributed by atoms with Crippen LogP contribution in [0.4, 0.5) is 10.2 Å². The number of phenolic OH excluding ortho intramolecular Hbond substituents is 1. The number of hydrogen-bond donors (Lipinski definition) is 2. The molecule has 1 aromatic heterocycles. The van der Waals surface area contributed by atoms with Crippen LogP contribution in [0.15, 0.2) is 30.5 Å². The lowest BCUT2D eigenvalue weighted by Gasteiger charge is -2.10. The number of rotatable bonds is 5. The van der Waals surface area contributed by atoms with E-state index >= 15 is 0 Å². The Hall–Kier alpha value is -1.75. The molecule has 0 saturated carbocycles. The molecule has 1 aromatic carbocycles. The minimum Gasteiger partial charge on any atom is -0.508 e. The molecule has 0 atom stereocenters. The number of nitrogens with zero attached hydrogens (tertiary/aromatic N) is 2. The van der Waals surface area contributed by atoms with Crippen molar-refractivity contribution in [1.82, 2.24) is 9.78 Å². The van der Waals surface area contributed by atoms with Gasteiger partial charge in [-0.15, -0.1) is 12.4 Å². The predicted molar refractivity (Wildman–Crippen MR) is 75.6 cm³/mol. The number of benzene rings is 1. The van der Waals surface area contributed by atoms with Gasteiger partial charge in [-0.3, -0.25) is 0 Å². The summed E-state index contributed by atoms with van der Waals surface area (Å²) in [6.07, 6.45) is 1.71. The van der Waals surface area contributed by atoms with Crippen LogP contribution in [-0.2, 0) is 13.1 Å². The van der Waals surface area contributed by atoms with Gasteiger partial charge >= 0.3 is 0 Å². The molecule has 1 heterocycles. The fourth-order valence-electron chi connectivity index (χ4n) is 1.81. The Morgan fingerprint density at radius 1 is 1.42 bits per heavy atom. The van der Waals surface area contributed by atoms with Crippen LogP contribution in [0.5, 0.6) is 5.75 Å². The number of phenols is 1. The fourth-order valence-corrected chi connectivity index (χ4v) is 1.81. The van der Waals surface area contributed by atoms with Gasteiger partial charge in [-0.25, -0.2) is 9.07 Å². The summed E-state index contributed by atoms with van der Waals surface area (Å²) in [6.45, 7) is 2.29. The first-order valence-corrected chi connectivity index (χ1v) is 5.81. The zero-order chi connectivity index (χ0) is 13.0. The van der Waals surface area contributed by atoms with E-state index in [9.17, 15) is 9.50 Å². The first-order chi connectivity index (χ1) is 8.70. The first kappa shape index (κ1) is 15.3. The molecule has 0 aliphatic heterocycles. The van der Waals surface area contributed by atoms with Gasteiger partial charge < -0.3 is 10.4 Å². The maximum atomic E-state index is 12.4. The minimum absolute atomic E-state index is 0. The highest BCUT2D eigenvalue weighted by Gasteiger charge is 2.06. The number of halogens is 2. The molecule has 0 fully saturated rings. The third kappa shape index (κ3) is 3.86. The molecule has 0 radical (unpaired) electrons. The number of nitrogens with one attached hydrogen (secondary N) is 1. The highest BCUT2D eigenvalue weighted by molar-refractivity contribution is 5.85. The average Bonchev–Trinajstić information content (AvgIpc) is 2.69. The van der Waals surface area contributed by atoms with Crippen LogP contribution in [0.2, 0.25) is 0 Å². The van der Waals surface area contributed by atoms with Crippen molar-refractivity contribution < 1.29 is 9.50 Å². The summed E-state index contributed by atoms with van der Waals surface area (Å²) in [5.41, 5.74) is 1.94. The Kier molecular flexibility index (Phi) is 5.63. The number of hydrogen-bond acceptors (Lipinski definition) is 3. The zero-order valence-corrected chi connectivity index (χ0v) is 11.5. The second kappa shape index (κ2) is 6.99. The molecule has 0 bridgehead atoms. The normalized spacial score (nSPS) is 10.0. The molecule has 2 N–H and O–H groups in total. The second-order valence-corrected chi connectivity index (χ2v) is 4.11. The molecule has 0 spiro atoms. The van der Waals surface area contributed by atoms with Crippen LogP contribution < -0.4 is 5.32 Å². The Labute approximate surface area is 117 Å². The van der Waals surface area contributed by atoms with Gasteiger partial charge in [-0.2, -0.15) is 5.10 Å². The summed E-state index contributed by atoms with van der Waals surface area (Å²) in [4.78, 5) is 0. The molecule has 4 nitrogen and oxygen atoms in total. The lowest BCUT2D eigenvalue weighted by molar-refractivity contribution is 0.429. The van der Waals surface area contributed by atoms with Crippen molar-refractivity contribution in [3.05, 3.63) is 41.6 Å². The number of aryl methyl sites for hydroxylation is 2. The maximum absolute atomic E-state index is 12.4. The molecule has 2 rings (SSSR count). The monoisotopic (exact) mass is 285 g/mol. The lowest BCUT2D eigenvalue weighted by Crippen LogP contribution is -2.09. The fraction of sp³-hybridized carbons (Fsp3) is 0.308. The Morgan fingerprint density at radius 2 is 2.21 bits per heavy atom. The molecule has 2 aromatic rings. The summed E-state index contributed by atoms with van der Waals surface area (Å²) >= 11 is 0. The SMILES string of the molecule is Cc1cnn(CCF)c1NCc1cccc(O)c1.Cl. The molecule has 19 heavy (non-hydrogen) atoms. The molecule has 0 saturated heterocycles. The third-order valence-electron chi connectivity index (χ3n) is 2.69. The highest BCUT2D eigenvalue weighted by atomic mass is 35.5. The van der Waals surface area contributed by atoms with E-state index in [1.807, 2.05) is 13.0 Å². The van der Waals surface area contributed by atoms with E-state index in [1.165, 1.54) is 0 Å². The number of aromatic nitrogens is 2. The molecule has 0 amide bonds. The van der Waals surface area contributed by atoms with Gasteiger partial charge in [0.1, 0.15) is 18.2 Å². The van der Waals surface area contributed by atoms with Crippen molar-refractivity contribution in [3.63, 3.8) is 0 Å². The van der Waals surface area contributed by atoms with E-state index in [4.69, 9.17) is 0 Å². The van der Waals surface area contributed by atoms with Crippen molar-refractivity contribution >= 4 is 18.2 Å². The van der Waals surface area contributed by atoms with Gasteiger partial charge in [0.2, 0.25) is 0 Å². The van der Waals surface area contributed by atoms with Crippen LogP contribution in [0.25, 0.3) is 0 Å². The van der Waals surface area contributed by atoms with E-state index in [1.54, 1.807) is 29.1 Å². The van der Waals surface area contributed by atoms with Crippen molar-refractivity contribution in [1.29, 1.82) is 0 Å². The van der Waals surface area contributed by atoms with E-state index < -0.39 is 6.67 Å². The third-order valence-corrected chi connectivity index (χ3v) is 2.69. The summed E-state index contributed by atoms with van der Waals surface area (Å²) in [5.74, 6) is 1.05. The summed E-state index contributed by atoms with van der Waals surface area (Å²) in [5, 5.41) is 16.7. The highest BCUT2D eigenvalue weighted by Crippen LogP contribution is 2.17. The Bertz CT molecular complexity index is 530. The molecule has 0 aliphatic carbocycles. The Balaban J connectivity index is 0.00000180. The van der Waals surface area contributed by atoms with Crippen LogP contribution in [0, 0.1) is 6.92 Å². The van der Waals surface area contributed by atoms with Gasteiger partial charge in [0.15, 0.2) is 0 Å². The average molecular weight is 286 g/mol. The van der Waals surface area contributed by atoms with Gasteiger partial charge in [-0.05, 0) is 24.6 Å². The Morgan fingerprint density at radius 3 is 2.89 bits per heavy atom. The molecule has 0 unspecified atom stereocenters. The molecular formula is C13H17ClFN3O. The van der Waals surface area contributed by atoms with Crippen molar-refractivity contribution in [2.45, 2.75) is 20.0 Å². The maximum Gasteiger partial charge on any atom is 0.127 e. The van der Waals surface area contributed by atoms with Crippen LogP contribution in [0.3, 0.4) is 0 Å². The molecule has 0 aliphatic rings. The van der Waals surface area contributed by atoms with Gasteiger partial charge in [0.05, 0.1) is 12.7 Å². The zero-order valence-electron chi connectivity index (χ0n) is 10.6. The smallest absolute Gasteiger partial charge is 0.127 e. The first-order valence-electron chi connectivity index (χ1n) is 5.81. The van der Waals surface area contributed by atoms with Crippen molar-refractivity contribution in [2.24, 2.45) is 0 Å². The quantitative estimate of drug-likeness (QED) is 0.888. The van der Waals surface area contributed by atoms with Crippen LogP contribution in [0.1, 0.15) is 11.1 Å². The topological polar surface area (TPSA) is 50.1 Å². The summed E-state index contributed by atoms with van der Waals surface area (Å²) in [7, 11) is 0. The standard InChI is InChI=1S/C13H16FN3O.ClH/c1-10-8-16-17(6-5-14)13(10)15-9-11-3-2-4-12(18)7-11;/h2-4,7-8,15,18H,5-6,9H2,1H3;1H. The predicted octanol–water partition coefficient (Wildman–Crippen LogP) is 2.90. The molecule has 6 heteroatoms.